The number of carbonyl (C=O) groups excluding carboxylic acids is 1. The van der Waals surface area contributed by atoms with Gasteiger partial charge in [-0.1, -0.05) is 53.6 Å². The molecule has 1 amide bonds. The molecule has 1 aliphatic heterocycles. The Bertz CT molecular complexity index is 1600. The molecule has 6 nitrogen and oxygen atoms in total. The Morgan fingerprint density at radius 1 is 1.06 bits per heavy atom. The minimum Gasteiger partial charge on any atom is -0.341 e. The number of benzene rings is 3. The van der Waals surface area contributed by atoms with Gasteiger partial charge in [0, 0.05) is 25.9 Å². The minimum atomic E-state index is -0.568. The lowest BCUT2D eigenvalue weighted by atomic mass is 9.82. The van der Waals surface area contributed by atoms with Crippen molar-refractivity contribution < 1.29 is 4.79 Å². The van der Waals surface area contributed by atoms with Gasteiger partial charge in [-0.3, -0.25) is 9.36 Å². The van der Waals surface area contributed by atoms with Crippen LogP contribution in [0.15, 0.2) is 79.4 Å². The summed E-state index contributed by atoms with van der Waals surface area (Å²) in [7, 11) is 0. The smallest absolute Gasteiger partial charge is 0.253 e. The van der Waals surface area contributed by atoms with E-state index in [1.807, 2.05) is 24.3 Å². The zero-order chi connectivity index (χ0) is 24.9. The van der Waals surface area contributed by atoms with E-state index in [1.54, 1.807) is 29.4 Å². The van der Waals surface area contributed by atoms with E-state index >= 15 is 0 Å². The second kappa shape index (κ2) is 9.05. The summed E-state index contributed by atoms with van der Waals surface area (Å²) in [6.45, 7) is 2.77. The van der Waals surface area contributed by atoms with Gasteiger partial charge in [0.1, 0.15) is 12.7 Å². The van der Waals surface area contributed by atoms with E-state index in [0.29, 0.717) is 17.1 Å². The summed E-state index contributed by atoms with van der Waals surface area (Å²) in [6.07, 6.45) is 4.85. The van der Waals surface area contributed by atoms with E-state index in [2.05, 4.69) is 79.9 Å². The molecule has 0 aliphatic carbocycles. The predicted molar refractivity (Wildman–Crippen MR) is 150 cm³/mol. The molecule has 1 aliphatic rings. The van der Waals surface area contributed by atoms with Gasteiger partial charge in [0.15, 0.2) is 0 Å². The average Bonchev–Trinajstić information content (AvgIpc) is 3.52. The molecule has 1 N–H and O–H groups in total. The number of fused-ring (bicyclic) bond motifs is 3. The van der Waals surface area contributed by atoms with Gasteiger partial charge in [-0.25, -0.2) is 0 Å². The highest BCUT2D eigenvalue weighted by atomic mass is 127. The van der Waals surface area contributed by atoms with E-state index in [-0.39, 0.29) is 5.91 Å². The fourth-order valence-corrected chi connectivity index (χ4v) is 6.47. The van der Waals surface area contributed by atoms with E-state index < -0.39 is 5.54 Å². The van der Waals surface area contributed by atoms with Crippen LogP contribution in [0.5, 0.6) is 0 Å². The third-order valence-corrected chi connectivity index (χ3v) is 8.58. The van der Waals surface area contributed by atoms with Gasteiger partial charge in [0.05, 0.1) is 22.7 Å². The van der Waals surface area contributed by atoms with Crippen LogP contribution >= 0.6 is 34.2 Å². The number of aromatic nitrogens is 4. The molecule has 2 aromatic heterocycles. The normalized spacial score (nSPS) is 17.2. The lowest BCUT2D eigenvalue weighted by Crippen LogP contribution is -2.51. The molecular formula is C28H23ClIN5O. The number of hydrogen-bond acceptors (Lipinski definition) is 3. The van der Waals surface area contributed by atoms with Crippen LogP contribution in [0.3, 0.4) is 0 Å². The van der Waals surface area contributed by atoms with E-state index in [1.165, 1.54) is 25.7 Å². The summed E-state index contributed by atoms with van der Waals surface area (Å²) in [5, 5.41) is 12.7. The highest BCUT2D eigenvalue weighted by Gasteiger charge is 2.39. The fraction of sp³-hybridized carbons (Fsp3) is 0.179. The molecule has 8 heteroatoms. The molecule has 36 heavy (non-hydrogen) atoms. The summed E-state index contributed by atoms with van der Waals surface area (Å²) in [4.78, 5) is 13.7. The number of carbonyl (C=O) groups is 1. The van der Waals surface area contributed by atoms with Crippen LogP contribution in [0.25, 0.3) is 16.6 Å². The van der Waals surface area contributed by atoms with Gasteiger partial charge in [-0.2, -0.15) is 0 Å². The van der Waals surface area contributed by atoms with E-state index in [0.717, 1.165) is 24.1 Å². The standard InChI is InChI=1S/C28H23ClIN5O/c1-18-7-10-24-22(13-18)26(30)25-11-12-28(15-35(24)25,19-5-3-2-4-6-19)33-27(36)21-9-8-20(14-23(21)29)34-16-31-32-17-34/h2-10,13-14,16-17H,11-12,15H2,1H3,(H,33,36). The molecule has 0 spiro atoms. The van der Waals surface area contributed by atoms with Crippen molar-refractivity contribution >= 4 is 51.0 Å². The minimum absolute atomic E-state index is 0.190. The van der Waals surface area contributed by atoms with Crippen molar-refractivity contribution in [2.45, 2.75) is 31.8 Å². The van der Waals surface area contributed by atoms with E-state index in [9.17, 15) is 4.79 Å². The van der Waals surface area contributed by atoms with Crippen LogP contribution < -0.4 is 5.32 Å². The molecule has 0 saturated heterocycles. The molecule has 0 fully saturated rings. The number of aryl methyl sites for hydroxylation is 1. The van der Waals surface area contributed by atoms with Gasteiger partial charge in [0.25, 0.3) is 5.91 Å². The highest BCUT2D eigenvalue weighted by Crippen LogP contribution is 2.40. The first-order valence-corrected chi connectivity index (χ1v) is 13.2. The summed E-state index contributed by atoms with van der Waals surface area (Å²) < 4.78 is 5.43. The van der Waals surface area contributed by atoms with Crippen molar-refractivity contribution in [3.05, 3.63) is 110 Å². The lowest BCUT2D eigenvalue weighted by Gasteiger charge is -2.40. The molecule has 0 bridgehead atoms. The molecule has 6 rings (SSSR count). The van der Waals surface area contributed by atoms with Crippen LogP contribution in [0.4, 0.5) is 0 Å². The third kappa shape index (κ3) is 3.90. The van der Waals surface area contributed by atoms with Crippen LogP contribution in [-0.4, -0.2) is 25.2 Å². The fourth-order valence-electron chi connectivity index (χ4n) is 5.22. The van der Waals surface area contributed by atoms with Crippen molar-refractivity contribution in [1.82, 2.24) is 24.6 Å². The Kier molecular flexibility index (Phi) is 5.84. The molecular weight excluding hydrogens is 585 g/mol. The predicted octanol–water partition coefficient (Wildman–Crippen LogP) is 6.06. The Morgan fingerprint density at radius 3 is 2.58 bits per heavy atom. The number of halogens is 2. The average molecular weight is 608 g/mol. The quantitative estimate of drug-likeness (QED) is 0.253. The maximum atomic E-state index is 13.7. The van der Waals surface area contributed by atoms with Crippen LogP contribution in [-0.2, 0) is 18.5 Å². The zero-order valence-corrected chi connectivity index (χ0v) is 22.5. The molecule has 3 heterocycles. The first kappa shape index (κ1) is 23.2. The van der Waals surface area contributed by atoms with Crippen molar-refractivity contribution in [2.75, 3.05) is 0 Å². The van der Waals surface area contributed by atoms with Crippen LogP contribution in [0, 0.1) is 10.5 Å². The largest absolute Gasteiger partial charge is 0.341 e. The van der Waals surface area contributed by atoms with Gasteiger partial charge >= 0.3 is 0 Å². The molecule has 0 radical (unpaired) electrons. The van der Waals surface area contributed by atoms with Crippen molar-refractivity contribution in [1.29, 1.82) is 0 Å². The SMILES string of the molecule is Cc1ccc2c(c1)c(I)c1n2CC(NC(=O)c2ccc(-n3cnnc3)cc2Cl)(c2ccccc2)CC1. The summed E-state index contributed by atoms with van der Waals surface area (Å²) >= 11 is 9.08. The maximum Gasteiger partial charge on any atom is 0.253 e. The van der Waals surface area contributed by atoms with Gasteiger partial charge < -0.3 is 9.88 Å². The third-order valence-electron chi connectivity index (χ3n) is 7.07. The second-order valence-corrected chi connectivity index (χ2v) is 10.8. The van der Waals surface area contributed by atoms with Gasteiger partial charge in [-0.15, -0.1) is 10.2 Å². The Morgan fingerprint density at radius 2 is 1.83 bits per heavy atom. The highest BCUT2D eigenvalue weighted by molar-refractivity contribution is 14.1. The van der Waals surface area contributed by atoms with Gasteiger partial charge in [0.2, 0.25) is 0 Å². The lowest BCUT2D eigenvalue weighted by molar-refractivity contribution is 0.0868. The number of nitrogens with one attached hydrogen (secondary N) is 1. The zero-order valence-electron chi connectivity index (χ0n) is 19.6. The monoisotopic (exact) mass is 607 g/mol. The summed E-state index contributed by atoms with van der Waals surface area (Å²) in [6, 6.07) is 22.2. The van der Waals surface area contributed by atoms with Crippen molar-refractivity contribution in [3.8, 4) is 5.69 Å². The Labute approximate surface area is 227 Å². The first-order valence-electron chi connectivity index (χ1n) is 11.7. The number of nitrogens with zero attached hydrogens (tertiary/aromatic N) is 4. The maximum absolute atomic E-state index is 13.7. The van der Waals surface area contributed by atoms with Crippen molar-refractivity contribution in [2.24, 2.45) is 0 Å². The topological polar surface area (TPSA) is 64.7 Å². The molecule has 1 atom stereocenters. The van der Waals surface area contributed by atoms with Crippen molar-refractivity contribution in [3.63, 3.8) is 0 Å². The number of rotatable bonds is 4. The second-order valence-electron chi connectivity index (χ2n) is 9.30. The molecule has 1 unspecified atom stereocenters. The first-order chi connectivity index (χ1) is 17.4. The van der Waals surface area contributed by atoms with Gasteiger partial charge in [-0.05, 0) is 78.3 Å². The van der Waals surface area contributed by atoms with E-state index in [4.69, 9.17) is 11.6 Å². The Balaban J connectivity index is 1.40. The molecule has 0 saturated carbocycles. The number of amides is 1. The number of hydrogen-bond donors (Lipinski definition) is 1. The summed E-state index contributed by atoms with van der Waals surface area (Å²) in [5.74, 6) is -0.190. The Hall–Kier alpha value is -3.17. The summed E-state index contributed by atoms with van der Waals surface area (Å²) in [5.41, 5.74) is 5.53. The molecule has 3 aromatic carbocycles. The molecule has 180 valence electrons. The van der Waals surface area contributed by atoms with Crippen LogP contribution in [0.2, 0.25) is 5.02 Å². The van der Waals surface area contributed by atoms with Crippen LogP contribution in [0.1, 0.15) is 33.6 Å². The molecule has 5 aromatic rings.